The van der Waals surface area contributed by atoms with Gasteiger partial charge in [-0.3, -0.25) is 0 Å². The maximum absolute atomic E-state index is 10.6. The molecule has 1 N–H and O–H groups in total. The smallest absolute Gasteiger partial charge is 0.118 e. The first-order valence-electron chi connectivity index (χ1n) is 10.4. The molecule has 2 aromatic rings. The van der Waals surface area contributed by atoms with Crippen molar-refractivity contribution in [3.63, 3.8) is 0 Å². The number of methoxy groups -OCH3 is 1. The number of aliphatic hydroxyl groups is 1. The van der Waals surface area contributed by atoms with Crippen LogP contribution in [0.5, 0.6) is 5.75 Å². The van der Waals surface area contributed by atoms with Gasteiger partial charge in [0.1, 0.15) is 11.9 Å². The molecule has 158 valence electrons. The van der Waals surface area contributed by atoms with Crippen molar-refractivity contribution in [3.8, 4) is 5.75 Å². The Morgan fingerprint density at radius 2 is 1.62 bits per heavy atom. The van der Waals surface area contributed by atoms with Crippen LogP contribution in [0.1, 0.15) is 36.8 Å². The fourth-order valence-electron chi connectivity index (χ4n) is 3.52. The maximum Gasteiger partial charge on any atom is 0.118 e. The van der Waals surface area contributed by atoms with Crippen molar-refractivity contribution in [2.75, 3.05) is 20.3 Å². The van der Waals surface area contributed by atoms with E-state index in [2.05, 4.69) is 12.1 Å². The highest BCUT2D eigenvalue weighted by Crippen LogP contribution is 2.22. The molecule has 1 saturated heterocycles. The lowest BCUT2D eigenvalue weighted by Gasteiger charge is -2.25. The van der Waals surface area contributed by atoms with E-state index < -0.39 is 6.10 Å². The average Bonchev–Trinajstić information content (AvgIpc) is 3.01. The molecule has 1 aliphatic rings. The first-order chi connectivity index (χ1) is 14.2. The summed E-state index contributed by atoms with van der Waals surface area (Å²) in [5.74, 6) is 0.821. The zero-order valence-corrected chi connectivity index (χ0v) is 17.2. The molecule has 0 aliphatic carbocycles. The summed E-state index contributed by atoms with van der Waals surface area (Å²) in [4.78, 5) is 0. The molecule has 29 heavy (non-hydrogen) atoms. The second-order valence-corrected chi connectivity index (χ2v) is 7.51. The predicted molar refractivity (Wildman–Crippen MR) is 112 cm³/mol. The topological polar surface area (TPSA) is 57.2 Å². The average molecular weight is 401 g/mol. The first kappa shape index (κ1) is 21.8. The molecule has 0 amide bonds. The lowest BCUT2D eigenvalue weighted by molar-refractivity contribution is -0.118. The minimum absolute atomic E-state index is 0.0162. The van der Waals surface area contributed by atoms with Gasteiger partial charge in [0, 0.05) is 0 Å². The van der Waals surface area contributed by atoms with Crippen LogP contribution >= 0.6 is 0 Å². The molecule has 0 aromatic heterocycles. The van der Waals surface area contributed by atoms with Gasteiger partial charge in [-0.2, -0.15) is 0 Å². The van der Waals surface area contributed by atoms with Crippen LogP contribution in [0.2, 0.25) is 0 Å². The second-order valence-electron chi connectivity index (χ2n) is 7.51. The summed E-state index contributed by atoms with van der Waals surface area (Å²) < 4.78 is 22.9. The Hall–Kier alpha value is -1.92. The summed E-state index contributed by atoms with van der Waals surface area (Å²) in [6, 6.07) is 17.9. The Morgan fingerprint density at radius 3 is 2.38 bits per heavy atom. The molecule has 0 saturated carbocycles. The fraction of sp³-hybridized carbons (Fsp3) is 0.500. The molecule has 2 aromatic carbocycles. The van der Waals surface area contributed by atoms with Crippen LogP contribution in [-0.4, -0.2) is 43.7 Å². The second kappa shape index (κ2) is 11.9. The van der Waals surface area contributed by atoms with E-state index in [0.717, 1.165) is 42.6 Å². The van der Waals surface area contributed by atoms with Crippen LogP contribution in [0, 0.1) is 0 Å². The highest BCUT2D eigenvalue weighted by Gasteiger charge is 2.26. The number of ether oxygens (including phenoxy) is 4. The minimum atomic E-state index is -0.636. The van der Waals surface area contributed by atoms with E-state index in [9.17, 15) is 5.11 Å². The van der Waals surface area contributed by atoms with Gasteiger partial charge in [0.15, 0.2) is 0 Å². The summed E-state index contributed by atoms with van der Waals surface area (Å²) in [6.45, 7) is 1.84. The van der Waals surface area contributed by atoms with Crippen LogP contribution < -0.4 is 4.74 Å². The van der Waals surface area contributed by atoms with E-state index in [-0.39, 0.29) is 18.8 Å². The molecular formula is C24H32O5. The van der Waals surface area contributed by atoms with E-state index in [4.69, 9.17) is 18.9 Å². The Labute approximate surface area is 173 Å². The Morgan fingerprint density at radius 1 is 0.931 bits per heavy atom. The Bertz CT molecular complexity index is 688. The highest BCUT2D eigenvalue weighted by molar-refractivity contribution is 5.26. The van der Waals surface area contributed by atoms with E-state index in [0.29, 0.717) is 19.8 Å². The van der Waals surface area contributed by atoms with Gasteiger partial charge in [-0.05, 0) is 36.1 Å². The summed E-state index contributed by atoms with van der Waals surface area (Å²) in [6.07, 6.45) is 3.13. The third-order valence-electron chi connectivity index (χ3n) is 5.19. The molecule has 3 rings (SSSR count). The third-order valence-corrected chi connectivity index (χ3v) is 5.19. The molecular weight excluding hydrogens is 368 g/mol. The lowest BCUT2D eigenvalue weighted by Crippen LogP contribution is -2.36. The van der Waals surface area contributed by atoms with E-state index in [1.54, 1.807) is 7.11 Å². The molecule has 0 spiro atoms. The van der Waals surface area contributed by atoms with Crippen molar-refractivity contribution in [3.05, 3.63) is 65.7 Å². The SMILES string of the molecule is COc1ccc(COC[C@@H](O)[C@H]2CCCC[C@H](COCc3ccccc3)O2)cc1. The number of hydrogen-bond donors (Lipinski definition) is 1. The van der Waals surface area contributed by atoms with E-state index in [1.165, 1.54) is 0 Å². The van der Waals surface area contributed by atoms with Crippen LogP contribution in [-0.2, 0) is 27.4 Å². The van der Waals surface area contributed by atoms with Crippen molar-refractivity contribution in [1.82, 2.24) is 0 Å². The van der Waals surface area contributed by atoms with Crippen LogP contribution in [0.25, 0.3) is 0 Å². The lowest BCUT2D eigenvalue weighted by atomic mass is 10.1. The highest BCUT2D eigenvalue weighted by atomic mass is 16.6. The van der Waals surface area contributed by atoms with Gasteiger partial charge in [-0.25, -0.2) is 0 Å². The number of rotatable bonds is 10. The summed E-state index contributed by atoms with van der Waals surface area (Å²) in [5.41, 5.74) is 2.21. The molecule has 1 heterocycles. The quantitative estimate of drug-likeness (QED) is 0.650. The van der Waals surface area contributed by atoms with Crippen molar-refractivity contribution in [1.29, 1.82) is 0 Å². The fourth-order valence-corrected chi connectivity index (χ4v) is 3.52. The predicted octanol–water partition coefficient (Wildman–Crippen LogP) is 4.12. The normalized spacial score (nSPS) is 20.8. The molecule has 1 fully saturated rings. The molecule has 0 radical (unpaired) electrons. The van der Waals surface area contributed by atoms with Gasteiger partial charge in [0.2, 0.25) is 0 Å². The zero-order chi connectivity index (χ0) is 20.3. The maximum atomic E-state index is 10.6. The molecule has 5 heteroatoms. The van der Waals surface area contributed by atoms with Crippen molar-refractivity contribution in [2.24, 2.45) is 0 Å². The molecule has 0 unspecified atom stereocenters. The third kappa shape index (κ3) is 7.44. The first-order valence-corrected chi connectivity index (χ1v) is 10.4. The Kier molecular flexibility index (Phi) is 8.96. The Balaban J connectivity index is 1.39. The van der Waals surface area contributed by atoms with Gasteiger partial charge in [-0.15, -0.1) is 0 Å². The van der Waals surface area contributed by atoms with Gasteiger partial charge in [-0.1, -0.05) is 55.3 Å². The van der Waals surface area contributed by atoms with E-state index >= 15 is 0 Å². The summed E-state index contributed by atoms with van der Waals surface area (Å²) in [7, 11) is 1.65. The van der Waals surface area contributed by atoms with Crippen molar-refractivity contribution >= 4 is 0 Å². The summed E-state index contributed by atoms with van der Waals surface area (Å²) >= 11 is 0. The standard InChI is InChI=1S/C24H32O5/c1-26-21-13-11-20(12-14-21)16-28-18-23(25)24-10-6-5-9-22(29-24)17-27-15-19-7-3-2-4-8-19/h2-4,7-8,11-14,22-25H,5-6,9-10,15-18H2,1H3/t22-,23-,24-/m1/s1. The number of aliphatic hydroxyl groups excluding tert-OH is 1. The molecule has 3 atom stereocenters. The number of benzene rings is 2. The minimum Gasteiger partial charge on any atom is -0.497 e. The van der Waals surface area contributed by atoms with Crippen molar-refractivity contribution < 1.29 is 24.1 Å². The van der Waals surface area contributed by atoms with E-state index in [1.807, 2.05) is 42.5 Å². The van der Waals surface area contributed by atoms with Gasteiger partial charge in [0.05, 0.1) is 45.7 Å². The van der Waals surface area contributed by atoms with Crippen LogP contribution in [0.4, 0.5) is 0 Å². The van der Waals surface area contributed by atoms with Gasteiger partial charge < -0.3 is 24.1 Å². The zero-order valence-electron chi connectivity index (χ0n) is 17.2. The molecule has 1 aliphatic heterocycles. The summed E-state index contributed by atoms with van der Waals surface area (Å²) in [5, 5.41) is 10.6. The molecule has 5 nitrogen and oxygen atoms in total. The van der Waals surface area contributed by atoms with Gasteiger partial charge in [0.25, 0.3) is 0 Å². The van der Waals surface area contributed by atoms with Crippen LogP contribution in [0.3, 0.4) is 0 Å². The van der Waals surface area contributed by atoms with Gasteiger partial charge >= 0.3 is 0 Å². The molecule has 0 bridgehead atoms. The number of hydrogen-bond acceptors (Lipinski definition) is 5. The monoisotopic (exact) mass is 400 g/mol. The van der Waals surface area contributed by atoms with Crippen LogP contribution in [0.15, 0.2) is 54.6 Å². The largest absolute Gasteiger partial charge is 0.497 e. The van der Waals surface area contributed by atoms with Crippen molar-refractivity contribution in [2.45, 2.75) is 57.2 Å².